The minimum absolute atomic E-state index is 0.102. The van der Waals surface area contributed by atoms with Crippen molar-refractivity contribution in [1.82, 2.24) is 0 Å². The summed E-state index contributed by atoms with van der Waals surface area (Å²) in [6.07, 6.45) is 1.59. The summed E-state index contributed by atoms with van der Waals surface area (Å²) in [6, 6.07) is 21.8. The molecule has 3 rings (SSSR count). The van der Waals surface area contributed by atoms with E-state index in [1.807, 2.05) is 42.5 Å². The van der Waals surface area contributed by atoms with Gasteiger partial charge in [-0.1, -0.05) is 71.9 Å². The average molecular weight is 428 g/mol. The summed E-state index contributed by atoms with van der Waals surface area (Å²) in [6.45, 7) is 0.102. The van der Waals surface area contributed by atoms with Gasteiger partial charge < -0.3 is 10.5 Å². The molecule has 4 nitrogen and oxygen atoms in total. The second-order valence-electron chi connectivity index (χ2n) is 6.05. The zero-order valence-electron chi connectivity index (χ0n) is 15.5. The topological polar surface area (TPSA) is 60.0 Å². The van der Waals surface area contributed by atoms with Crippen LogP contribution in [0.4, 0.5) is 4.39 Å². The predicted molar refractivity (Wildman–Crippen MR) is 119 cm³/mol. The molecule has 0 aliphatic heterocycles. The van der Waals surface area contributed by atoms with E-state index in [4.69, 9.17) is 22.1 Å². The molecule has 0 atom stereocenters. The number of nitrogens with zero attached hydrogens (tertiary/aromatic N) is 2. The fourth-order valence-electron chi connectivity index (χ4n) is 2.40. The molecule has 148 valence electrons. The quantitative estimate of drug-likeness (QED) is 0.301. The van der Waals surface area contributed by atoms with Crippen molar-refractivity contribution in [2.24, 2.45) is 15.9 Å². The molecule has 0 aliphatic rings. The highest BCUT2D eigenvalue weighted by Gasteiger charge is 2.04. The molecule has 3 aromatic rings. The molecule has 2 N–H and O–H groups in total. The first-order valence-corrected chi connectivity index (χ1v) is 10.2. The van der Waals surface area contributed by atoms with Crippen LogP contribution in [0.25, 0.3) is 0 Å². The Labute approximate surface area is 178 Å². The fourth-order valence-corrected chi connectivity index (χ4v) is 3.17. The number of rotatable bonds is 7. The van der Waals surface area contributed by atoms with Gasteiger partial charge in [0.15, 0.2) is 5.17 Å². The van der Waals surface area contributed by atoms with Crippen LogP contribution >= 0.6 is 23.4 Å². The molecule has 0 aliphatic carbocycles. The Morgan fingerprint density at radius 1 is 1.07 bits per heavy atom. The Morgan fingerprint density at radius 3 is 2.69 bits per heavy atom. The Bertz CT molecular complexity index is 1010. The van der Waals surface area contributed by atoms with E-state index in [1.54, 1.807) is 30.5 Å². The third-order valence-electron chi connectivity index (χ3n) is 3.86. The highest BCUT2D eigenvalue weighted by Crippen LogP contribution is 2.18. The van der Waals surface area contributed by atoms with E-state index in [0.717, 1.165) is 11.3 Å². The molecule has 0 heterocycles. The molecule has 29 heavy (non-hydrogen) atoms. The Kier molecular flexibility index (Phi) is 7.67. The predicted octanol–water partition coefficient (Wildman–Crippen LogP) is 5.64. The van der Waals surface area contributed by atoms with Crippen molar-refractivity contribution < 1.29 is 9.13 Å². The van der Waals surface area contributed by atoms with Crippen molar-refractivity contribution in [2.75, 3.05) is 0 Å². The van der Waals surface area contributed by atoms with Crippen LogP contribution in [0.15, 0.2) is 83.0 Å². The minimum Gasteiger partial charge on any atom is -0.489 e. The molecule has 0 radical (unpaired) electrons. The lowest BCUT2D eigenvalue weighted by molar-refractivity contribution is 0.300. The van der Waals surface area contributed by atoms with Gasteiger partial charge in [-0.25, -0.2) is 4.39 Å². The molecular weight excluding hydrogens is 409 g/mol. The van der Waals surface area contributed by atoms with E-state index in [9.17, 15) is 4.39 Å². The standard InChI is InChI=1S/C22H19ClFN3OS/c23-19-10-9-18(21(24)12-19)14-28-20-8-4-7-17(11-20)13-26-27-22(25)29-15-16-5-2-1-3-6-16/h1-13H,14-15H2,(H2,25,27). The van der Waals surface area contributed by atoms with Gasteiger partial charge in [0, 0.05) is 16.3 Å². The molecule has 0 saturated carbocycles. The van der Waals surface area contributed by atoms with Gasteiger partial charge in [0.1, 0.15) is 18.2 Å². The van der Waals surface area contributed by atoms with Crippen LogP contribution in [-0.4, -0.2) is 11.4 Å². The van der Waals surface area contributed by atoms with Crippen LogP contribution in [0.5, 0.6) is 5.75 Å². The van der Waals surface area contributed by atoms with Gasteiger partial charge in [-0.2, -0.15) is 5.10 Å². The summed E-state index contributed by atoms with van der Waals surface area (Å²) in [5, 5.41) is 8.76. The first kappa shape index (κ1) is 20.9. The molecule has 0 spiro atoms. The van der Waals surface area contributed by atoms with E-state index in [0.29, 0.717) is 21.5 Å². The first-order valence-electron chi connectivity index (χ1n) is 8.80. The number of hydrogen-bond donors (Lipinski definition) is 1. The van der Waals surface area contributed by atoms with Gasteiger partial charge in [0.25, 0.3) is 0 Å². The zero-order chi connectivity index (χ0) is 20.5. The van der Waals surface area contributed by atoms with Crippen molar-refractivity contribution >= 4 is 34.7 Å². The average Bonchev–Trinajstić information content (AvgIpc) is 2.73. The van der Waals surface area contributed by atoms with Gasteiger partial charge >= 0.3 is 0 Å². The summed E-state index contributed by atoms with van der Waals surface area (Å²) in [5.74, 6) is 0.933. The maximum atomic E-state index is 13.8. The molecule has 3 aromatic carbocycles. The lowest BCUT2D eigenvalue weighted by atomic mass is 10.2. The number of nitrogens with two attached hydrogens (primary N) is 1. The highest BCUT2D eigenvalue weighted by atomic mass is 35.5. The monoisotopic (exact) mass is 427 g/mol. The van der Waals surface area contributed by atoms with Gasteiger partial charge in [-0.05, 0) is 35.4 Å². The third-order valence-corrected chi connectivity index (χ3v) is 4.95. The Hall–Kier alpha value is -2.83. The van der Waals surface area contributed by atoms with Crippen molar-refractivity contribution in [2.45, 2.75) is 12.4 Å². The summed E-state index contributed by atoms with van der Waals surface area (Å²) >= 11 is 7.18. The van der Waals surface area contributed by atoms with Crippen molar-refractivity contribution in [1.29, 1.82) is 0 Å². The number of thioether (sulfide) groups is 1. The molecule has 0 saturated heterocycles. The second-order valence-corrected chi connectivity index (χ2v) is 7.49. The molecule has 0 unspecified atom stereocenters. The minimum atomic E-state index is -0.395. The van der Waals surface area contributed by atoms with Crippen LogP contribution in [0.1, 0.15) is 16.7 Å². The first-order chi connectivity index (χ1) is 14.1. The van der Waals surface area contributed by atoms with E-state index < -0.39 is 5.82 Å². The number of ether oxygens (including phenoxy) is 1. The van der Waals surface area contributed by atoms with Crippen LogP contribution < -0.4 is 10.5 Å². The van der Waals surface area contributed by atoms with Gasteiger partial charge in [-0.3, -0.25) is 0 Å². The van der Waals surface area contributed by atoms with Crippen molar-refractivity contribution in [3.63, 3.8) is 0 Å². The molecule has 7 heteroatoms. The van der Waals surface area contributed by atoms with Gasteiger partial charge in [-0.15, -0.1) is 5.10 Å². The van der Waals surface area contributed by atoms with Crippen LogP contribution in [0, 0.1) is 5.82 Å². The number of halogens is 2. The Morgan fingerprint density at radius 2 is 1.90 bits per heavy atom. The molecule has 0 bridgehead atoms. The molecule has 0 aromatic heterocycles. The second kappa shape index (κ2) is 10.6. The van der Waals surface area contributed by atoms with Crippen LogP contribution in [0.3, 0.4) is 0 Å². The third kappa shape index (κ3) is 6.93. The number of hydrogen-bond acceptors (Lipinski definition) is 4. The highest BCUT2D eigenvalue weighted by molar-refractivity contribution is 8.13. The van der Waals surface area contributed by atoms with Crippen molar-refractivity contribution in [3.8, 4) is 5.75 Å². The molecule has 0 fully saturated rings. The lowest BCUT2D eigenvalue weighted by Gasteiger charge is -2.08. The maximum Gasteiger partial charge on any atom is 0.180 e. The SMILES string of the molecule is NC(=NN=Cc1cccc(OCc2ccc(Cl)cc2F)c1)SCc1ccccc1. The van der Waals surface area contributed by atoms with E-state index in [2.05, 4.69) is 10.2 Å². The van der Waals surface area contributed by atoms with Gasteiger partial charge in [0.2, 0.25) is 0 Å². The molecule has 0 amide bonds. The number of benzene rings is 3. The zero-order valence-corrected chi connectivity index (χ0v) is 17.0. The van der Waals surface area contributed by atoms with Crippen molar-refractivity contribution in [3.05, 3.63) is 100 Å². The fraction of sp³-hybridized carbons (Fsp3) is 0.0909. The summed E-state index contributed by atoms with van der Waals surface area (Å²) in [5.41, 5.74) is 8.28. The molecular formula is C22H19ClFN3OS. The van der Waals surface area contributed by atoms with E-state index in [1.165, 1.54) is 23.4 Å². The normalized spacial score (nSPS) is 11.7. The van der Waals surface area contributed by atoms with E-state index in [-0.39, 0.29) is 6.61 Å². The van der Waals surface area contributed by atoms with E-state index >= 15 is 0 Å². The van der Waals surface area contributed by atoms with Crippen LogP contribution in [0.2, 0.25) is 5.02 Å². The summed E-state index contributed by atoms with van der Waals surface area (Å²) in [4.78, 5) is 0. The lowest BCUT2D eigenvalue weighted by Crippen LogP contribution is -2.06. The number of amidine groups is 1. The summed E-state index contributed by atoms with van der Waals surface area (Å²) < 4.78 is 19.5. The largest absolute Gasteiger partial charge is 0.489 e. The maximum absolute atomic E-state index is 13.8. The Balaban J connectivity index is 1.54. The van der Waals surface area contributed by atoms with Crippen LogP contribution in [-0.2, 0) is 12.4 Å². The van der Waals surface area contributed by atoms with Gasteiger partial charge in [0.05, 0.1) is 6.21 Å². The summed E-state index contributed by atoms with van der Waals surface area (Å²) in [7, 11) is 0. The smallest absolute Gasteiger partial charge is 0.180 e.